The van der Waals surface area contributed by atoms with Crippen LogP contribution in [0.1, 0.15) is 33.8 Å². The van der Waals surface area contributed by atoms with Gasteiger partial charge in [0.2, 0.25) is 0 Å². The first-order valence-corrected chi connectivity index (χ1v) is 8.66. The van der Waals surface area contributed by atoms with Gasteiger partial charge in [-0.05, 0) is 66.8 Å². The van der Waals surface area contributed by atoms with Gasteiger partial charge in [0, 0.05) is 22.0 Å². The highest BCUT2D eigenvalue weighted by Crippen LogP contribution is 2.32. The molecule has 2 heterocycles. The fourth-order valence-corrected chi connectivity index (χ4v) is 4.06. The summed E-state index contributed by atoms with van der Waals surface area (Å²) < 4.78 is 0. The van der Waals surface area contributed by atoms with E-state index in [1.54, 1.807) is 35.6 Å². The summed E-state index contributed by atoms with van der Waals surface area (Å²) in [5.41, 5.74) is 1.85. The van der Waals surface area contributed by atoms with E-state index in [-0.39, 0.29) is 11.9 Å². The van der Waals surface area contributed by atoms with E-state index in [4.69, 9.17) is 23.8 Å². The summed E-state index contributed by atoms with van der Waals surface area (Å²) in [6.07, 6.45) is 0.967. The van der Waals surface area contributed by atoms with Crippen molar-refractivity contribution in [1.82, 2.24) is 10.2 Å². The monoisotopic (exact) mass is 350 g/mol. The van der Waals surface area contributed by atoms with Crippen LogP contribution in [0.2, 0.25) is 5.02 Å². The average molecular weight is 351 g/mol. The Balaban J connectivity index is 1.70. The summed E-state index contributed by atoms with van der Waals surface area (Å²) in [6.45, 7) is 2.94. The number of amides is 1. The molecule has 3 nitrogen and oxygen atoms in total. The second kappa shape index (κ2) is 6.36. The number of fused-ring (bicyclic) bond motifs is 1. The lowest BCUT2D eigenvalue weighted by atomic mass is 10.0. The van der Waals surface area contributed by atoms with E-state index in [2.05, 4.69) is 28.6 Å². The summed E-state index contributed by atoms with van der Waals surface area (Å²) in [4.78, 5) is 15.7. The van der Waals surface area contributed by atoms with Gasteiger partial charge in [-0.25, -0.2) is 0 Å². The molecule has 6 heteroatoms. The molecule has 0 saturated heterocycles. The van der Waals surface area contributed by atoms with Crippen LogP contribution in [0, 0.1) is 0 Å². The lowest BCUT2D eigenvalue weighted by Crippen LogP contribution is -2.46. The Morgan fingerprint density at radius 2 is 2.09 bits per heavy atom. The molecular formula is C16H15ClN2OS2. The van der Waals surface area contributed by atoms with Gasteiger partial charge in [0.15, 0.2) is 5.11 Å². The molecular weight excluding hydrogens is 336 g/mol. The number of nitrogens with one attached hydrogen (secondary N) is 1. The highest BCUT2D eigenvalue weighted by molar-refractivity contribution is 7.80. The highest BCUT2D eigenvalue weighted by Gasteiger charge is 2.27. The molecule has 2 aromatic rings. The van der Waals surface area contributed by atoms with Crippen LogP contribution in [0.25, 0.3) is 0 Å². The van der Waals surface area contributed by atoms with Gasteiger partial charge in [0.25, 0.3) is 5.91 Å². The lowest BCUT2D eigenvalue weighted by molar-refractivity contribution is 0.0971. The molecule has 0 fully saturated rings. The quantitative estimate of drug-likeness (QED) is 0.788. The molecule has 0 bridgehead atoms. The molecule has 0 saturated carbocycles. The van der Waals surface area contributed by atoms with Crippen molar-refractivity contribution in [3.8, 4) is 0 Å². The van der Waals surface area contributed by atoms with Crippen molar-refractivity contribution >= 4 is 46.2 Å². The van der Waals surface area contributed by atoms with Gasteiger partial charge in [0.1, 0.15) is 0 Å². The van der Waals surface area contributed by atoms with E-state index in [0.29, 0.717) is 15.7 Å². The zero-order valence-corrected chi connectivity index (χ0v) is 14.4. The normalized spacial score (nSPS) is 17.0. The van der Waals surface area contributed by atoms with E-state index >= 15 is 0 Å². The molecule has 1 amide bonds. The zero-order chi connectivity index (χ0) is 15.7. The fraction of sp³-hybridized carbons (Fsp3) is 0.250. The maximum atomic E-state index is 12.2. The van der Waals surface area contributed by atoms with Gasteiger partial charge < -0.3 is 4.90 Å². The van der Waals surface area contributed by atoms with Gasteiger partial charge in [0.05, 0.1) is 6.04 Å². The van der Waals surface area contributed by atoms with Crippen molar-refractivity contribution in [3.63, 3.8) is 0 Å². The Morgan fingerprint density at radius 1 is 1.36 bits per heavy atom. The van der Waals surface area contributed by atoms with Crippen LogP contribution in [0.4, 0.5) is 0 Å². The minimum Gasteiger partial charge on any atom is -0.342 e. The third-order valence-electron chi connectivity index (χ3n) is 3.86. The molecule has 1 N–H and O–H groups in total. The second-order valence-corrected chi connectivity index (χ2v) is 7.01. The Bertz CT molecular complexity index is 711. The number of carbonyl (C=O) groups excluding carboxylic acids is 1. The molecule has 1 atom stereocenters. The number of thiocarbonyl (C=S) groups is 1. The van der Waals surface area contributed by atoms with E-state index in [9.17, 15) is 4.79 Å². The molecule has 0 unspecified atom stereocenters. The van der Waals surface area contributed by atoms with Crippen LogP contribution in [0.3, 0.4) is 0 Å². The van der Waals surface area contributed by atoms with Crippen molar-refractivity contribution in [2.24, 2.45) is 0 Å². The van der Waals surface area contributed by atoms with Crippen molar-refractivity contribution in [1.29, 1.82) is 0 Å². The summed E-state index contributed by atoms with van der Waals surface area (Å²) >= 11 is 13.0. The molecule has 0 spiro atoms. The molecule has 1 aliphatic rings. The first-order chi connectivity index (χ1) is 10.6. The summed E-state index contributed by atoms with van der Waals surface area (Å²) in [6, 6.07) is 9.10. The molecule has 1 aromatic carbocycles. The third kappa shape index (κ3) is 3.02. The zero-order valence-electron chi connectivity index (χ0n) is 12.0. The molecule has 3 rings (SSSR count). The number of thiophene rings is 1. The Hall–Kier alpha value is -1.43. The number of halogens is 1. The number of nitrogens with zero attached hydrogens (tertiary/aromatic N) is 1. The molecule has 22 heavy (non-hydrogen) atoms. The van der Waals surface area contributed by atoms with E-state index in [1.165, 1.54) is 10.4 Å². The molecule has 0 radical (unpaired) electrons. The van der Waals surface area contributed by atoms with Crippen molar-refractivity contribution in [2.75, 3.05) is 6.54 Å². The third-order valence-corrected chi connectivity index (χ3v) is 5.45. The Kier molecular flexibility index (Phi) is 4.47. The first kappa shape index (κ1) is 15.5. The summed E-state index contributed by atoms with van der Waals surface area (Å²) in [5, 5.41) is 6.01. The van der Waals surface area contributed by atoms with Crippen LogP contribution in [-0.4, -0.2) is 22.5 Å². The van der Waals surface area contributed by atoms with Gasteiger partial charge >= 0.3 is 0 Å². The van der Waals surface area contributed by atoms with Crippen LogP contribution in [0.15, 0.2) is 35.7 Å². The number of hydrogen-bond donors (Lipinski definition) is 1. The van der Waals surface area contributed by atoms with Gasteiger partial charge in [-0.15, -0.1) is 11.3 Å². The van der Waals surface area contributed by atoms with E-state index < -0.39 is 0 Å². The molecule has 1 aromatic heterocycles. The molecule has 114 valence electrons. The topological polar surface area (TPSA) is 32.3 Å². The minimum absolute atomic E-state index is 0.188. The smallest absolute Gasteiger partial charge is 0.257 e. The standard InChI is InChI=1S/C16H15ClN2OS2/c1-10-13-7-9-22-14(13)6-8-19(10)16(21)18-15(20)11-2-4-12(17)5-3-11/h2-5,7,9-10H,6,8H2,1H3,(H,18,20,21)/t10-/m0/s1. The second-order valence-electron chi connectivity index (χ2n) is 5.18. The van der Waals surface area contributed by atoms with E-state index in [0.717, 1.165) is 13.0 Å². The van der Waals surface area contributed by atoms with Crippen molar-refractivity contribution in [2.45, 2.75) is 19.4 Å². The van der Waals surface area contributed by atoms with Crippen LogP contribution < -0.4 is 5.32 Å². The van der Waals surface area contributed by atoms with Gasteiger partial charge in [-0.3, -0.25) is 10.1 Å². The predicted molar refractivity (Wildman–Crippen MR) is 94.7 cm³/mol. The number of rotatable bonds is 1. The van der Waals surface area contributed by atoms with Crippen molar-refractivity contribution < 1.29 is 4.79 Å². The van der Waals surface area contributed by atoms with Gasteiger partial charge in [-0.1, -0.05) is 11.6 Å². The number of carbonyl (C=O) groups is 1. The average Bonchev–Trinajstić information content (AvgIpc) is 2.97. The Labute approximate surface area is 143 Å². The van der Waals surface area contributed by atoms with E-state index in [1.807, 2.05) is 0 Å². The fourth-order valence-electron chi connectivity index (χ4n) is 2.63. The molecule has 1 aliphatic heterocycles. The Morgan fingerprint density at radius 3 is 2.82 bits per heavy atom. The van der Waals surface area contributed by atoms with Crippen molar-refractivity contribution in [3.05, 3.63) is 56.7 Å². The summed E-state index contributed by atoms with van der Waals surface area (Å²) in [7, 11) is 0. The highest BCUT2D eigenvalue weighted by atomic mass is 35.5. The predicted octanol–water partition coefficient (Wildman–Crippen LogP) is 4.04. The maximum Gasteiger partial charge on any atom is 0.257 e. The van der Waals surface area contributed by atoms with Crippen LogP contribution in [0.5, 0.6) is 0 Å². The first-order valence-electron chi connectivity index (χ1n) is 7.00. The number of hydrogen-bond acceptors (Lipinski definition) is 3. The SMILES string of the molecule is C[C@H]1c2ccsc2CCN1C(=S)NC(=O)c1ccc(Cl)cc1. The van der Waals surface area contributed by atoms with Gasteiger partial charge in [-0.2, -0.15) is 0 Å². The largest absolute Gasteiger partial charge is 0.342 e. The summed E-state index contributed by atoms with van der Waals surface area (Å²) in [5.74, 6) is -0.204. The maximum absolute atomic E-state index is 12.2. The van der Waals surface area contributed by atoms with Crippen LogP contribution >= 0.6 is 35.2 Å². The van der Waals surface area contributed by atoms with Crippen LogP contribution in [-0.2, 0) is 6.42 Å². The lowest BCUT2D eigenvalue weighted by Gasteiger charge is -2.35. The minimum atomic E-state index is -0.204. The number of benzene rings is 1. The molecule has 0 aliphatic carbocycles.